The Morgan fingerprint density at radius 2 is 2.05 bits per heavy atom. The molecule has 0 atom stereocenters. The molecule has 102 valence electrons. The second kappa shape index (κ2) is 5.45. The zero-order chi connectivity index (χ0) is 14.0. The first-order chi connectivity index (χ1) is 9.04. The molecule has 2 aromatic rings. The molecule has 0 aliphatic heterocycles. The van der Waals surface area contributed by atoms with Gasteiger partial charge in [-0.3, -0.25) is 9.47 Å². The molecule has 4 nitrogen and oxygen atoms in total. The molecule has 1 aromatic carbocycles. The SMILES string of the molecule is Cc1cn(N(C)C)c2ccc(CCCO)cc2c1=O. The van der Waals surface area contributed by atoms with Crippen LogP contribution in [0.15, 0.2) is 29.2 Å². The topological polar surface area (TPSA) is 45.5 Å². The number of hydrogen-bond donors (Lipinski definition) is 1. The zero-order valence-corrected chi connectivity index (χ0v) is 11.7. The lowest BCUT2D eigenvalue weighted by atomic mass is 10.1. The summed E-state index contributed by atoms with van der Waals surface area (Å²) in [5, 5.41) is 11.6. The molecule has 0 saturated heterocycles. The van der Waals surface area contributed by atoms with Gasteiger partial charge < -0.3 is 10.1 Å². The Hall–Kier alpha value is -1.81. The van der Waals surface area contributed by atoms with Crippen LogP contribution >= 0.6 is 0 Å². The van der Waals surface area contributed by atoms with Crippen molar-refractivity contribution in [3.05, 3.63) is 45.7 Å². The van der Waals surface area contributed by atoms with Crippen LogP contribution < -0.4 is 10.4 Å². The zero-order valence-electron chi connectivity index (χ0n) is 11.7. The van der Waals surface area contributed by atoms with E-state index in [0.29, 0.717) is 0 Å². The Bertz CT molecular complexity index is 644. The largest absolute Gasteiger partial charge is 0.396 e. The number of pyridine rings is 1. The van der Waals surface area contributed by atoms with Crippen LogP contribution in [0.2, 0.25) is 0 Å². The van der Waals surface area contributed by atoms with Crippen LogP contribution in [0.3, 0.4) is 0 Å². The maximum absolute atomic E-state index is 12.2. The van der Waals surface area contributed by atoms with E-state index in [0.717, 1.165) is 34.9 Å². The third kappa shape index (κ3) is 2.63. The average molecular weight is 260 g/mol. The first kappa shape index (κ1) is 13.6. The molecular formula is C15H20N2O2. The first-order valence-electron chi connectivity index (χ1n) is 6.48. The van der Waals surface area contributed by atoms with Gasteiger partial charge in [-0.2, -0.15) is 0 Å². The Balaban J connectivity index is 2.64. The summed E-state index contributed by atoms with van der Waals surface area (Å²) in [6.07, 6.45) is 3.37. The van der Waals surface area contributed by atoms with Crippen LogP contribution in [0, 0.1) is 6.92 Å². The van der Waals surface area contributed by atoms with Crippen molar-refractivity contribution in [1.82, 2.24) is 4.68 Å². The maximum atomic E-state index is 12.2. The number of fused-ring (bicyclic) bond motifs is 1. The number of aliphatic hydroxyl groups excluding tert-OH is 1. The van der Waals surface area contributed by atoms with Crippen LogP contribution in [-0.2, 0) is 6.42 Å². The minimum atomic E-state index is 0.0824. The van der Waals surface area contributed by atoms with Crippen LogP contribution in [0.5, 0.6) is 0 Å². The van der Waals surface area contributed by atoms with Crippen LogP contribution in [-0.4, -0.2) is 30.5 Å². The second-order valence-corrected chi connectivity index (χ2v) is 5.01. The van der Waals surface area contributed by atoms with E-state index in [1.807, 2.05) is 55.1 Å². The molecule has 0 spiro atoms. The Morgan fingerprint density at radius 3 is 2.68 bits per heavy atom. The van der Waals surface area contributed by atoms with E-state index in [1.54, 1.807) is 0 Å². The fourth-order valence-electron chi connectivity index (χ4n) is 2.26. The third-order valence-electron chi connectivity index (χ3n) is 3.28. The van der Waals surface area contributed by atoms with Gasteiger partial charge >= 0.3 is 0 Å². The lowest BCUT2D eigenvalue weighted by Crippen LogP contribution is -2.27. The summed E-state index contributed by atoms with van der Waals surface area (Å²) in [6.45, 7) is 2.01. The van der Waals surface area contributed by atoms with E-state index in [4.69, 9.17) is 5.11 Å². The number of aromatic nitrogens is 1. The van der Waals surface area contributed by atoms with E-state index in [2.05, 4.69) is 0 Å². The highest BCUT2D eigenvalue weighted by molar-refractivity contribution is 5.80. The molecule has 0 saturated carbocycles. The standard InChI is InChI=1S/C15H20N2O2/c1-11-10-17(16(2)3)14-7-6-12(5-4-8-18)9-13(14)15(11)19/h6-7,9-10,18H,4-5,8H2,1-3H3. The molecule has 1 N–H and O–H groups in total. The number of nitrogens with zero attached hydrogens (tertiary/aromatic N) is 2. The van der Waals surface area contributed by atoms with Crippen molar-refractivity contribution < 1.29 is 5.11 Å². The van der Waals surface area contributed by atoms with Crippen molar-refractivity contribution in [2.75, 3.05) is 25.7 Å². The highest BCUT2D eigenvalue weighted by Gasteiger charge is 2.08. The van der Waals surface area contributed by atoms with Gasteiger partial charge in [0, 0.05) is 37.8 Å². The highest BCUT2D eigenvalue weighted by Crippen LogP contribution is 2.15. The summed E-state index contributed by atoms with van der Waals surface area (Å²) in [7, 11) is 3.89. The Kier molecular flexibility index (Phi) is 3.90. The van der Waals surface area contributed by atoms with Crippen molar-refractivity contribution in [2.24, 2.45) is 0 Å². The van der Waals surface area contributed by atoms with Crippen LogP contribution in [0.4, 0.5) is 0 Å². The summed E-state index contributed by atoms with van der Waals surface area (Å²) in [6, 6.07) is 5.94. The van der Waals surface area contributed by atoms with Gasteiger partial charge in [0.15, 0.2) is 5.43 Å². The predicted octanol–water partition coefficient (Wildman–Crippen LogP) is 1.43. The highest BCUT2D eigenvalue weighted by atomic mass is 16.2. The summed E-state index contributed by atoms with van der Waals surface area (Å²) < 4.78 is 1.97. The van der Waals surface area contributed by atoms with Gasteiger partial charge in [0.1, 0.15) is 0 Å². The molecular weight excluding hydrogens is 240 g/mol. The molecule has 2 rings (SSSR count). The third-order valence-corrected chi connectivity index (χ3v) is 3.28. The predicted molar refractivity (Wildman–Crippen MR) is 78.4 cm³/mol. The molecule has 19 heavy (non-hydrogen) atoms. The molecule has 1 heterocycles. The summed E-state index contributed by atoms with van der Waals surface area (Å²) in [5.41, 5.74) is 2.82. The second-order valence-electron chi connectivity index (χ2n) is 5.01. The molecule has 0 amide bonds. The van der Waals surface area contributed by atoms with E-state index in [9.17, 15) is 4.79 Å². The van der Waals surface area contributed by atoms with Crippen molar-refractivity contribution in [2.45, 2.75) is 19.8 Å². The van der Waals surface area contributed by atoms with Crippen molar-refractivity contribution >= 4 is 10.9 Å². The molecule has 1 aromatic heterocycles. The lowest BCUT2D eigenvalue weighted by Gasteiger charge is -2.20. The Labute approximate surface area is 112 Å². The number of aliphatic hydroxyl groups is 1. The van der Waals surface area contributed by atoms with E-state index >= 15 is 0 Å². The van der Waals surface area contributed by atoms with Gasteiger partial charge in [-0.15, -0.1) is 0 Å². The summed E-state index contributed by atoms with van der Waals surface area (Å²) in [5.74, 6) is 0. The van der Waals surface area contributed by atoms with Gasteiger partial charge in [-0.25, -0.2) is 0 Å². The lowest BCUT2D eigenvalue weighted by molar-refractivity contribution is 0.288. The smallest absolute Gasteiger partial charge is 0.192 e. The van der Waals surface area contributed by atoms with E-state index in [1.165, 1.54) is 0 Å². The molecule has 0 fully saturated rings. The van der Waals surface area contributed by atoms with Gasteiger partial charge in [-0.1, -0.05) is 6.07 Å². The fourth-order valence-corrected chi connectivity index (χ4v) is 2.26. The molecule has 4 heteroatoms. The molecule has 0 bridgehead atoms. The van der Waals surface area contributed by atoms with Crippen LogP contribution in [0.1, 0.15) is 17.5 Å². The molecule has 0 aliphatic carbocycles. The van der Waals surface area contributed by atoms with Gasteiger partial charge in [0.25, 0.3) is 0 Å². The summed E-state index contributed by atoms with van der Waals surface area (Å²) in [4.78, 5) is 12.2. The van der Waals surface area contributed by atoms with Crippen molar-refractivity contribution in [3.8, 4) is 0 Å². The van der Waals surface area contributed by atoms with Crippen molar-refractivity contribution in [1.29, 1.82) is 0 Å². The number of hydrogen-bond acceptors (Lipinski definition) is 3. The molecule has 0 unspecified atom stereocenters. The minimum absolute atomic E-state index is 0.0824. The monoisotopic (exact) mass is 260 g/mol. The minimum Gasteiger partial charge on any atom is -0.396 e. The van der Waals surface area contributed by atoms with E-state index in [-0.39, 0.29) is 12.0 Å². The van der Waals surface area contributed by atoms with Gasteiger partial charge in [0.2, 0.25) is 0 Å². The average Bonchev–Trinajstić information content (AvgIpc) is 2.40. The van der Waals surface area contributed by atoms with Crippen molar-refractivity contribution in [3.63, 3.8) is 0 Å². The van der Waals surface area contributed by atoms with Crippen LogP contribution in [0.25, 0.3) is 10.9 Å². The van der Waals surface area contributed by atoms with Gasteiger partial charge in [0.05, 0.1) is 5.52 Å². The Morgan fingerprint density at radius 1 is 1.32 bits per heavy atom. The normalized spacial score (nSPS) is 10.9. The summed E-state index contributed by atoms with van der Waals surface area (Å²) >= 11 is 0. The quantitative estimate of drug-likeness (QED) is 0.904. The first-order valence-corrected chi connectivity index (χ1v) is 6.48. The number of benzene rings is 1. The fraction of sp³-hybridized carbons (Fsp3) is 0.400. The molecule has 0 radical (unpaired) electrons. The maximum Gasteiger partial charge on any atom is 0.192 e. The molecule has 0 aliphatic rings. The van der Waals surface area contributed by atoms with E-state index < -0.39 is 0 Å². The van der Waals surface area contributed by atoms with Gasteiger partial charge in [-0.05, 0) is 37.5 Å². The number of rotatable bonds is 4. The number of aryl methyl sites for hydroxylation is 2.